The molecule has 2 N–H and O–H groups in total. The number of H-pyrrole nitrogens is 1. The first-order chi connectivity index (χ1) is 19.1. The van der Waals surface area contributed by atoms with E-state index in [0.717, 1.165) is 29.1 Å². The van der Waals surface area contributed by atoms with Gasteiger partial charge in [0.1, 0.15) is 29.1 Å². The number of benzene rings is 1. The normalized spacial score (nSPS) is 13.8. The SMILES string of the molecule is C[C@H](C[C@@H](F)Cn1ccc2cc(-c3ncc(C(F)(F)F)cc3F)c(F)cc2c1=O)Nc1cn[nH]c(=O)c1C(F)(F)F. The van der Waals surface area contributed by atoms with E-state index in [0.29, 0.717) is 6.20 Å². The fraction of sp³-hybridized carbons (Fsp3) is 0.280. The summed E-state index contributed by atoms with van der Waals surface area (Å²) < 4.78 is 123. The highest BCUT2D eigenvalue weighted by Gasteiger charge is 2.37. The zero-order valence-electron chi connectivity index (χ0n) is 20.7. The van der Waals surface area contributed by atoms with E-state index in [-0.39, 0.29) is 16.8 Å². The van der Waals surface area contributed by atoms with E-state index in [1.807, 2.05) is 0 Å². The predicted octanol–water partition coefficient (Wildman–Crippen LogP) is 5.69. The van der Waals surface area contributed by atoms with Crippen molar-refractivity contribution in [2.24, 2.45) is 0 Å². The molecule has 3 heterocycles. The van der Waals surface area contributed by atoms with Gasteiger partial charge in [0.25, 0.3) is 11.1 Å². The molecule has 0 fully saturated rings. The Kier molecular flexibility index (Phi) is 7.87. The maximum Gasteiger partial charge on any atom is 0.423 e. The lowest BCUT2D eigenvalue weighted by atomic mass is 10.0. The largest absolute Gasteiger partial charge is 0.423 e. The van der Waals surface area contributed by atoms with Crippen molar-refractivity contribution >= 4 is 16.5 Å². The maximum absolute atomic E-state index is 14.9. The lowest BCUT2D eigenvalue weighted by molar-refractivity contribution is -0.138. The summed E-state index contributed by atoms with van der Waals surface area (Å²) in [7, 11) is 0. The molecule has 0 saturated carbocycles. The van der Waals surface area contributed by atoms with Gasteiger partial charge in [-0.05, 0) is 36.6 Å². The molecule has 0 unspecified atom stereocenters. The minimum Gasteiger partial charge on any atom is -0.381 e. The number of alkyl halides is 7. The summed E-state index contributed by atoms with van der Waals surface area (Å²) in [5.41, 5.74) is -7.12. The van der Waals surface area contributed by atoms with E-state index in [9.17, 15) is 49.1 Å². The average molecular weight is 591 g/mol. The van der Waals surface area contributed by atoms with Gasteiger partial charge in [0.15, 0.2) is 0 Å². The molecular weight excluding hydrogens is 573 g/mol. The Morgan fingerprint density at radius 3 is 2.34 bits per heavy atom. The van der Waals surface area contributed by atoms with E-state index in [4.69, 9.17) is 0 Å². The van der Waals surface area contributed by atoms with Crippen LogP contribution in [0.15, 0.2) is 52.4 Å². The molecule has 1 aromatic carbocycles. The Hall–Kier alpha value is -4.37. The van der Waals surface area contributed by atoms with Gasteiger partial charge in [-0.1, -0.05) is 0 Å². The molecule has 0 spiro atoms. The molecular formula is C25H18F9N5O2. The second-order valence-corrected chi connectivity index (χ2v) is 9.11. The molecule has 7 nitrogen and oxygen atoms in total. The number of halogens is 9. The molecule has 16 heteroatoms. The molecule has 41 heavy (non-hydrogen) atoms. The van der Waals surface area contributed by atoms with Gasteiger partial charge in [-0.25, -0.2) is 18.3 Å². The van der Waals surface area contributed by atoms with Gasteiger partial charge in [-0.15, -0.1) is 0 Å². The highest BCUT2D eigenvalue weighted by atomic mass is 19.4. The van der Waals surface area contributed by atoms with E-state index in [2.05, 4.69) is 15.4 Å². The second-order valence-electron chi connectivity index (χ2n) is 9.11. The molecule has 0 saturated heterocycles. The van der Waals surface area contributed by atoms with Crippen molar-refractivity contribution in [1.29, 1.82) is 0 Å². The van der Waals surface area contributed by atoms with Gasteiger partial charge < -0.3 is 9.88 Å². The van der Waals surface area contributed by atoms with Crippen molar-refractivity contribution in [3.63, 3.8) is 0 Å². The fourth-order valence-electron chi connectivity index (χ4n) is 4.21. The first-order valence-electron chi connectivity index (χ1n) is 11.7. The first-order valence-corrected chi connectivity index (χ1v) is 11.7. The summed E-state index contributed by atoms with van der Waals surface area (Å²) in [4.78, 5) is 27.9. The minimum absolute atomic E-state index is 0.0654. The minimum atomic E-state index is -5.00. The molecule has 0 aliphatic rings. The van der Waals surface area contributed by atoms with Crippen LogP contribution in [0.2, 0.25) is 0 Å². The van der Waals surface area contributed by atoms with Crippen LogP contribution in [0.5, 0.6) is 0 Å². The number of rotatable bonds is 7. The van der Waals surface area contributed by atoms with Crippen molar-refractivity contribution < 1.29 is 39.5 Å². The standard InChI is InChI=1S/C25H18F9N5O2/c1-11(37-19-9-36-38-22(40)20(19)25(32,33)34)4-14(26)10-39-3-2-12-5-16(17(27)7-15(12)23(39)41)21-18(28)6-13(8-35-21)24(29,30)31/h2-3,5-9,11,14H,4,10H2,1H3,(H2,37,38,40)/t11-,14-/m1/s1. The Labute approximate surface area is 223 Å². The number of aromatic nitrogens is 4. The zero-order valence-corrected chi connectivity index (χ0v) is 20.7. The third-order valence-corrected chi connectivity index (χ3v) is 6.03. The summed E-state index contributed by atoms with van der Waals surface area (Å²) in [6.45, 7) is 0.779. The number of nitrogens with zero attached hydrogens (tertiary/aromatic N) is 3. The number of hydrogen-bond donors (Lipinski definition) is 2. The van der Waals surface area contributed by atoms with Gasteiger partial charge in [0, 0.05) is 30.4 Å². The molecule has 0 aliphatic heterocycles. The fourth-order valence-corrected chi connectivity index (χ4v) is 4.21. The van der Waals surface area contributed by atoms with Gasteiger partial charge >= 0.3 is 12.4 Å². The highest BCUT2D eigenvalue weighted by Crippen LogP contribution is 2.34. The summed E-state index contributed by atoms with van der Waals surface area (Å²) in [6, 6.07) is 2.22. The monoisotopic (exact) mass is 591 g/mol. The number of nitrogens with one attached hydrogen (secondary N) is 2. The zero-order chi connectivity index (χ0) is 30.3. The quantitative estimate of drug-likeness (QED) is 0.270. The number of pyridine rings is 2. The van der Waals surface area contributed by atoms with Crippen LogP contribution in [0.3, 0.4) is 0 Å². The maximum atomic E-state index is 14.9. The molecule has 4 rings (SSSR count). The Morgan fingerprint density at radius 1 is 1.00 bits per heavy atom. The molecule has 0 bridgehead atoms. The van der Waals surface area contributed by atoms with Crippen molar-refractivity contribution in [2.45, 2.75) is 44.5 Å². The van der Waals surface area contributed by atoms with Crippen molar-refractivity contribution in [3.05, 3.63) is 86.3 Å². The Morgan fingerprint density at radius 2 is 1.71 bits per heavy atom. The third kappa shape index (κ3) is 6.36. The van der Waals surface area contributed by atoms with E-state index < -0.39 is 88.4 Å². The van der Waals surface area contributed by atoms with Crippen LogP contribution >= 0.6 is 0 Å². The molecule has 4 aromatic rings. The first kappa shape index (κ1) is 29.6. The van der Waals surface area contributed by atoms with Crippen molar-refractivity contribution in [1.82, 2.24) is 19.7 Å². The average Bonchev–Trinajstić information content (AvgIpc) is 2.84. The van der Waals surface area contributed by atoms with Crippen LogP contribution in [-0.2, 0) is 18.9 Å². The van der Waals surface area contributed by atoms with Crippen LogP contribution in [0.4, 0.5) is 45.2 Å². The molecule has 218 valence electrons. The van der Waals surface area contributed by atoms with Gasteiger partial charge in [0.2, 0.25) is 0 Å². The van der Waals surface area contributed by atoms with Crippen LogP contribution in [0.1, 0.15) is 24.5 Å². The highest BCUT2D eigenvalue weighted by molar-refractivity contribution is 5.86. The Bertz CT molecular complexity index is 1710. The smallest absolute Gasteiger partial charge is 0.381 e. The van der Waals surface area contributed by atoms with Crippen LogP contribution < -0.4 is 16.4 Å². The number of anilines is 1. The van der Waals surface area contributed by atoms with Crippen LogP contribution in [0, 0.1) is 11.6 Å². The lowest BCUT2D eigenvalue weighted by Gasteiger charge is -2.20. The van der Waals surface area contributed by atoms with Crippen molar-refractivity contribution in [3.8, 4) is 11.3 Å². The number of aromatic amines is 1. The molecule has 3 aromatic heterocycles. The number of hydrogen-bond acceptors (Lipinski definition) is 5. The van der Waals surface area contributed by atoms with Gasteiger partial charge in [-0.2, -0.15) is 31.4 Å². The summed E-state index contributed by atoms with van der Waals surface area (Å²) in [6.07, 6.45) is -9.84. The summed E-state index contributed by atoms with van der Waals surface area (Å²) in [5.74, 6) is -2.60. The molecule has 2 atom stereocenters. The predicted molar refractivity (Wildman–Crippen MR) is 129 cm³/mol. The van der Waals surface area contributed by atoms with Crippen LogP contribution in [-0.4, -0.2) is 32.0 Å². The summed E-state index contributed by atoms with van der Waals surface area (Å²) >= 11 is 0. The number of fused-ring (bicyclic) bond motifs is 1. The van der Waals surface area contributed by atoms with E-state index >= 15 is 0 Å². The lowest BCUT2D eigenvalue weighted by Crippen LogP contribution is -2.30. The second kappa shape index (κ2) is 10.9. The Balaban J connectivity index is 1.54. The van der Waals surface area contributed by atoms with E-state index in [1.54, 1.807) is 5.10 Å². The third-order valence-electron chi connectivity index (χ3n) is 6.03. The topological polar surface area (TPSA) is 92.7 Å². The molecule has 0 aliphatic carbocycles. The van der Waals surface area contributed by atoms with Gasteiger partial charge in [-0.3, -0.25) is 14.6 Å². The summed E-state index contributed by atoms with van der Waals surface area (Å²) in [5, 5.41) is 7.19. The van der Waals surface area contributed by atoms with E-state index in [1.165, 1.54) is 13.0 Å². The van der Waals surface area contributed by atoms with Gasteiger partial charge in [0.05, 0.1) is 29.4 Å². The van der Waals surface area contributed by atoms with Crippen LogP contribution in [0.25, 0.3) is 22.0 Å². The molecule has 0 radical (unpaired) electrons. The van der Waals surface area contributed by atoms with Crippen molar-refractivity contribution in [2.75, 3.05) is 5.32 Å². The molecule has 0 amide bonds.